The molecule has 2 N–H and O–H groups in total. The maximum absolute atomic E-state index is 5.83. The van der Waals surface area contributed by atoms with E-state index in [0.717, 1.165) is 30.0 Å². The first-order chi connectivity index (χ1) is 14.3. The van der Waals surface area contributed by atoms with Gasteiger partial charge in [-0.25, -0.2) is 15.0 Å². The number of hydrogen-bond donors (Lipinski definition) is 2. The average Bonchev–Trinajstić information content (AvgIpc) is 2.77. The van der Waals surface area contributed by atoms with Gasteiger partial charge in [-0.3, -0.25) is 0 Å². The summed E-state index contributed by atoms with van der Waals surface area (Å²) in [5, 5.41) is 7.08. The van der Waals surface area contributed by atoms with Gasteiger partial charge in [0.25, 0.3) is 0 Å². The minimum absolute atomic E-state index is 0.447. The van der Waals surface area contributed by atoms with Gasteiger partial charge >= 0.3 is 0 Å². The fourth-order valence-electron chi connectivity index (χ4n) is 2.95. The molecule has 0 radical (unpaired) electrons. The fourth-order valence-corrected chi connectivity index (χ4v) is 3.06. The van der Waals surface area contributed by atoms with Gasteiger partial charge in [0.2, 0.25) is 5.95 Å². The predicted molar refractivity (Wildman–Crippen MR) is 117 cm³/mol. The largest absolute Gasteiger partial charge is 0.323 e. The smallest absolute Gasteiger partial charge is 0.227 e. The first-order valence-corrected chi connectivity index (χ1v) is 9.70. The molecule has 4 rings (SSSR count). The second-order valence-corrected chi connectivity index (χ2v) is 6.94. The lowest BCUT2D eigenvalue weighted by atomic mass is 10.1. The Kier molecular flexibility index (Phi) is 6.10. The van der Waals surface area contributed by atoms with E-state index in [4.69, 9.17) is 11.6 Å². The minimum atomic E-state index is 0.447. The number of aromatic nitrogens is 3. The molecule has 0 amide bonds. The van der Waals surface area contributed by atoms with Crippen LogP contribution in [0.15, 0.2) is 85.2 Å². The number of halogens is 1. The molecule has 0 fully saturated rings. The highest BCUT2D eigenvalue weighted by Crippen LogP contribution is 2.21. The van der Waals surface area contributed by atoms with Crippen molar-refractivity contribution in [3.63, 3.8) is 0 Å². The van der Waals surface area contributed by atoms with Gasteiger partial charge < -0.3 is 10.6 Å². The Balaban J connectivity index is 1.44. The average molecular weight is 402 g/mol. The van der Waals surface area contributed by atoms with Crippen LogP contribution in [0, 0.1) is 0 Å². The molecule has 0 aliphatic heterocycles. The lowest BCUT2D eigenvalue weighted by Crippen LogP contribution is -2.12. The third kappa shape index (κ3) is 5.38. The molecule has 2 heterocycles. The van der Waals surface area contributed by atoms with Crippen LogP contribution in [0.1, 0.15) is 11.1 Å². The number of anilines is 2. The van der Waals surface area contributed by atoms with Gasteiger partial charge in [0.1, 0.15) is 5.15 Å². The molecular formula is C23H20ClN5. The molecule has 2 aromatic carbocycles. The number of rotatable bonds is 7. The molecule has 6 heteroatoms. The van der Waals surface area contributed by atoms with Gasteiger partial charge in [-0.05, 0) is 35.4 Å². The Labute approximate surface area is 174 Å². The first-order valence-electron chi connectivity index (χ1n) is 9.32. The van der Waals surface area contributed by atoms with Gasteiger partial charge in [-0.15, -0.1) is 0 Å². The van der Waals surface area contributed by atoms with E-state index in [-0.39, 0.29) is 0 Å². The molecule has 0 bridgehead atoms. The van der Waals surface area contributed by atoms with Crippen molar-refractivity contribution in [1.29, 1.82) is 0 Å². The lowest BCUT2D eigenvalue weighted by Gasteiger charge is -2.09. The second kappa shape index (κ2) is 9.28. The van der Waals surface area contributed by atoms with E-state index in [9.17, 15) is 0 Å². The Morgan fingerprint density at radius 3 is 2.45 bits per heavy atom. The number of pyridine rings is 1. The third-order valence-electron chi connectivity index (χ3n) is 4.36. The van der Waals surface area contributed by atoms with Gasteiger partial charge in [-0.2, -0.15) is 0 Å². The maximum atomic E-state index is 5.83. The molecule has 4 aromatic rings. The van der Waals surface area contributed by atoms with Gasteiger partial charge in [-0.1, -0.05) is 60.1 Å². The number of benzene rings is 2. The number of nitrogens with one attached hydrogen (secondary N) is 2. The third-order valence-corrected chi connectivity index (χ3v) is 4.59. The summed E-state index contributed by atoms with van der Waals surface area (Å²) in [4.78, 5) is 13.0. The predicted octanol–water partition coefficient (Wildman–Crippen LogP) is 5.23. The number of hydrogen-bond acceptors (Lipinski definition) is 5. The second-order valence-electron chi connectivity index (χ2n) is 6.55. The highest BCUT2D eigenvalue weighted by atomic mass is 35.5. The van der Waals surface area contributed by atoms with Crippen LogP contribution < -0.4 is 10.6 Å². The van der Waals surface area contributed by atoms with Crippen LogP contribution in [0.2, 0.25) is 5.15 Å². The first kappa shape index (κ1) is 19.1. The van der Waals surface area contributed by atoms with E-state index in [1.165, 1.54) is 11.1 Å². The summed E-state index contributed by atoms with van der Waals surface area (Å²) in [5.74, 6) is 0.513. The quantitative estimate of drug-likeness (QED) is 0.415. The van der Waals surface area contributed by atoms with Crippen molar-refractivity contribution in [3.8, 4) is 11.3 Å². The zero-order chi connectivity index (χ0) is 19.9. The van der Waals surface area contributed by atoms with Crippen LogP contribution in [-0.2, 0) is 13.1 Å². The molecule has 0 saturated heterocycles. The van der Waals surface area contributed by atoms with Crippen LogP contribution in [0.5, 0.6) is 0 Å². The molecular weight excluding hydrogens is 382 g/mol. The normalized spacial score (nSPS) is 10.7. The summed E-state index contributed by atoms with van der Waals surface area (Å²) in [6.45, 7) is 1.62. The van der Waals surface area contributed by atoms with E-state index in [0.29, 0.717) is 11.1 Å². The summed E-state index contributed by atoms with van der Waals surface area (Å²) < 4.78 is 0. The zero-order valence-electron chi connectivity index (χ0n) is 15.7. The Morgan fingerprint density at radius 1 is 0.793 bits per heavy atom. The molecule has 0 aliphatic rings. The topological polar surface area (TPSA) is 62.7 Å². The van der Waals surface area contributed by atoms with Crippen molar-refractivity contribution in [3.05, 3.63) is 101 Å². The summed E-state index contributed by atoms with van der Waals surface area (Å²) in [6.07, 6.45) is 3.39. The van der Waals surface area contributed by atoms with Crippen molar-refractivity contribution in [2.24, 2.45) is 0 Å². The van der Waals surface area contributed by atoms with Crippen molar-refractivity contribution >= 4 is 23.2 Å². The molecule has 5 nitrogen and oxygen atoms in total. The Bertz CT molecular complexity index is 1070. The van der Waals surface area contributed by atoms with Crippen molar-refractivity contribution < 1.29 is 0 Å². The van der Waals surface area contributed by atoms with Gasteiger partial charge in [0.15, 0.2) is 0 Å². The zero-order valence-corrected chi connectivity index (χ0v) is 16.5. The highest BCUT2D eigenvalue weighted by Gasteiger charge is 2.05. The molecule has 2 aromatic heterocycles. The summed E-state index contributed by atoms with van der Waals surface area (Å²) in [5.41, 5.74) is 5.16. The van der Waals surface area contributed by atoms with Gasteiger partial charge in [0, 0.05) is 24.8 Å². The van der Waals surface area contributed by atoms with E-state index in [1.807, 2.05) is 24.3 Å². The van der Waals surface area contributed by atoms with Crippen LogP contribution in [-0.4, -0.2) is 15.0 Å². The van der Waals surface area contributed by atoms with E-state index in [1.54, 1.807) is 18.5 Å². The molecule has 29 heavy (non-hydrogen) atoms. The molecule has 0 saturated carbocycles. The van der Waals surface area contributed by atoms with Gasteiger partial charge in [0.05, 0.1) is 17.6 Å². The van der Waals surface area contributed by atoms with Crippen LogP contribution in [0.3, 0.4) is 0 Å². The van der Waals surface area contributed by atoms with Crippen molar-refractivity contribution in [2.45, 2.75) is 13.1 Å². The van der Waals surface area contributed by atoms with Crippen LogP contribution >= 0.6 is 11.6 Å². The van der Waals surface area contributed by atoms with E-state index < -0.39 is 0 Å². The SMILES string of the molecule is Clc1ccc(Nc2nccc(-c3cccc(CNCc4ccccc4)c3)n2)cn1. The minimum Gasteiger partial charge on any atom is -0.323 e. The van der Waals surface area contributed by atoms with Crippen LogP contribution in [0.4, 0.5) is 11.6 Å². The monoisotopic (exact) mass is 401 g/mol. The fraction of sp³-hybridized carbons (Fsp3) is 0.0870. The van der Waals surface area contributed by atoms with E-state index in [2.05, 4.69) is 68.1 Å². The molecule has 144 valence electrons. The maximum Gasteiger partial charge on any atom is 0.227 e. The Morgan fingerprint density at radius 2 is 1.62 bits per heavy atom. The lowest BCUT2D eigenvalue weighted by molar-refractivity contribution is 0.693. The highest BCUT2D eigenvalue weighted by molar-refractivity contribution is 6.29. The van der Waals surface area contributed by atoms with Crippen LogP contribution in [0.25, 0.3) is 11.3 Å². The Hall–Kier alpha value is -3.28. The summed E-state index contributed by atoms with van der Waals surface area (Å²) >= 11 is 5.83. The summed E-state index contributed by atoms with van der Waals surface area (Å²) in [6, 6.07) is 24.2. The summed E-state index contributed by atoms with van der Waals surface area (Å²) in [7, 11) is 0. The van der Waals surface area contributed by atoms with Crippen molar-refractivity contribution in [2.75, 3.05) is 5.32 Å². The molecule has 0 atom stereocenters. The molecule has 0 aliphatic carbocycles. The molecule has 0 spiro atoms. The van der Waals surface area contributed by atoms with Crippen molar-refractivity contribution in [1.82, 2.24) is 20.3 Å². The number of nitrogens with zero attached hydrogens (tertiary/aromatic N) is 3. The van der Waals surface area contributed by atoms with E-state index >= 15 is 0 Å². The molecule has 0 unspecified atom stereocenters. The standard InChI is InChI=1S/C23H20ClN5/c24-22-10-9-20(16-27-22)28-23-26-12-11-21(29-23)19-8-4-7-18(13-19)15-25-14-17-5-2-1-3-6-17/h1-13,16,25H,14-15H2,(H,26,28,29).